The largest absolute Gasteiger partial charge is 0.327 e. The standard InChI is InChI=1S/C25H29N3O/c1-4-27(21-11-8-7-10-19(21)3)25(29)23-22-12-6-5-9-17-28(22)24(26-23)20-15-13-18(2)14-16-20/h7-8,10-11,13-16H,4-6,9,12,17H2,1-3H3. The van der Waals surface area contributed by atoms with E-state index in [9.17, 15) is 4.79 Å². The maximum atomic E-state index is 13.7. The molecule has 2 aromatic carbocycles. The first kappa shape index (κ1) is 19.4. The lowest BCUT2D eigenvalue weighted by Crippen LogP contribution is -2.32. The van der Waals surface area contributed by atoms with Gasteiger partial charge in [-0.2, -0.15) is 0 Å². The van der Waals surface area contributed by atoms with Gasteiger partial charge in [0.25, 0.3) is 5.91 Å². The van der Waals surface area contributed by atoms with Crippen molar-refractivity contribution in [3.8, 4) is 11.4 Å². The van der Waals surface area contributed by atoms with Gasteiger partial charge in [-0.1, -0.05) is 54.4 Å². The van der Waals surface area contributed by atoms with Crippen LogP contribution in [-0.2, 0) is 13.0 Å². The summed E-state index contributed by atoms with van der Waals surface area (Å²) in [5.74, 6) is 0.928. The molecular formula is C25H29N3O. The molecule has 0 N–H and O–H groups in total. The van der Waals surface area contributed by atoms with Gasteiger partial charge in [-0.25, -0.2) is 4.98 Å². The van der Waals surface area contributed by atoms with Gasteiger partial charge in [0.2, 0.25) is 0 Å². The van der Waals surface area contributed by atoms with Crippen molar-refractivity contribution in [3.63, 3.8) is 0 Å². The molecule has 1 aromatic heterocycles. The Labute approximate surface area is 173 Å². The van der Waals surface area contributed by atoms with Crippen LogP contribution in [-0.4, -0.2) is 22.0 Å². The van der Waals surface area contributed by atoms with Gasteiger partial charge < -0.3 is 9.47 Å². The lowest BCUT2D eigenvalue weighted by molar-refractivity contribution is 0.0982. The van der Waals surface area contributed by atoms with Crippen molar-refractivity contribution < 1.29 is 4.79 Å². The van der Waals surface area contributed by atoms with Crippen LogP contribution in [0.15, 0.2) is 48.5 Å². The van der Waals surface area contributed by atoms with Crippen molar-refractivity contribution in [2.45, 2.75) is 53.0 Å². The van der Waals surface area contributed by atoms with Crippen LogP contribution < -0.4 is 4.90 Å². The highest BCUT2D eigenvalue weighted by atomic mass is 16.2. The normalized spacial score (nSPS) is 13.6. The molecule has 0 aliphatic carbocycles. The molecule has 4 nitrogen and oxygen atoms in total. The topological polar surface area (TPSA) is 38.1 Å². The van der Waals surface area contributed by atoms with Gasteiger partial charge in [0.1, 0.15) is 5.82 Å². The fourth-order valence-corrected chi connectivity index (χ4v) is 4.23. The first-order chi connectivity index (χ1) is 14.1. The summed E-state index contributed by atoms with van der Waals surface area (Å²) in [5.41, 5.74) is 6.09. The number of fused-ring (bicyclic) bond motifs is 1. The first-order valence-corrected chi connectivity index (χ1v) is 10.6. The Balaban J connectivity index is 1.81. The maximum absolute atomic E-state index is 13.7. The van der Waals surface area contributed by atoms with E-state index in [2.05, 4.69) is 48.7 Å². The van der Waals surface area contributed by atoms with Crippen molar-refractivity contribution in [1.82, 2.24) is 9.55 Å². The lowest BCUT2D eigenvalue weighted by atomic mass is 10.1. The molecule has 1 aliphatic rings. The van der Waals surface area contributed by atoms with Crippen molar-refractivity contribution in [2.24, 2.45) is 0 Å². The highest BCUT2D eigenvalue weighted by Gasteiger charge is 2.28. The number of hydrogen-bond acceptors (Lipinski definition) is 2. The number of aryl methyl sites for hydroxylation is 2. The number of nitrogens with zero attached hydrogens (tertiary/aromatic N) is 3. The summed E-state index contributed by atoms with van der Waals surface area (Å²) >= 11 is 0. The van der Waals surface area contributed by atoms with Crippen molar-refractivity contribution in [1.29, 1.82) is 0 Å². The smallest absolute Gasteiger partial charge is 0.278 e. The summed E-state index contributed by atoms with van der Waals surface area (Å²) in [4.78, 5) is 20.5. The van der Waals surface area contributed by atoms with Gasteiger partial charge >= 0.3 is 0 Å². The number of amides is 1. The van der Waals surface area contributed by atoms with Crippen LogP contribution >= 0.6 is 0 Å². The van der Waals surface area contributed by atoms with Crippen LogP contribution in [0.3, 0.4) is 0 Å². The maximum Gasteiger partial charge on any atom is 0.278 e. The average molecular weight is 388 g/mol. The van der Waals surface area contributed by atoms with E-state index >= 15 is 0 Å². The van der Waals surface area contributed by atoms with Gasteiger partial charge in [0, 0.05) is 24.3 Å². The van der Waals surface area contributed by atoms with Gasteiger partial charge in [-0.05, 0) is 51.7 Å². The van der Waals surface area contributed by atoms with Crippen LogP contribution in [0.25, 0.3) is 11.4 Å². The third kappa shape index (κ3) is 3.71. The lowest BCUT2D eigenvalue weighted by Gasteiger charge is -2.22. The highest BCUT2D eigenvalue weighted by molar-refractivity contribution is 6.06. The molecule has 29 heavy (non-hydrogen) atoms. The Kier molecular flexibility index (Phi) is 5.52. The van der Waals surface area contributed by atoms with Crippen molar-refractivity contribution in [2.75, 3.05) is 11.4 Å². The Morgan fingerprint density at radius 3 is 2.52 bits per heavy atom. The summed E-state index contributed by atoms with van der Waals surface area (Å²) in [7, 11) is 0. The molecule has 4 rings (SSSR count). The number of rotatable bonds is 4. The van der Waals surface area contributed by atoms with Crippen LogP contribution in [0.2, 0.25) is 0 Å². The molecule has 0 unspecified atom stereocenters. The molecule has 4 heteroatoms. The van der Waals surface area contributed by atoms with Gasteiger partial charge in [-0.15, -0.1) is 0 Å². The van der Waals surface area contributed by atoms with Gasteiger partial charge in [0.05, 0.1) is 5.69 Å². The average Bonchev–Trinajstić information content (AvgIpc) is 2.91. The van der Waals surface area contributed by atoms with E-state index in [0.29, 0.717) is 12.2 Å². The van der Waals surface area contributed by atoms with Crippen LogP contribution in [0.1, 0.15) is 53.5 Å². The number of hydrogen-bond donors (Lipinski definition) is 0. The van der Waals surface area contributed by atoms with Gasteiger partial charge in [-0.3, -0.25) is 4.79 Å². The van der Waals surface area contributed by atoms with Crippen molar-refractivity contribution in [3.05, 3.63) is 71.0 Å². The summed E-state index contributed by atoms with van der Waals surface area (Å²) in [6.45, 7) is 7.72. The molecule has 1 amide bonds. The Bertz CT molecular complexity index is 1020. The summed E-state index contributed by atoms with van der Waals surface area (Å²) in [5, 5.41) is 0. The number of benzene rings is 2. The second-order valence-corrected chi connectivity index (χ2v) is 7.89. The molecule has 3 aromatic rings. The first-order valence-electron chi connectivity index (χ1n) is 10.6. The monoisotopic (exact) mass is 387 g/mol. The zero-order valence-electron chi connectivity index (χ0n) is 17.6. The SMILES string of the molecule is CCN(C(=O)c1nc(-c2ccc(C)cc2)n2c1CCCCC2)c1ccccc1C. The summed E-state index contributed by atoms with van der Waals surface area (Å²) in [6.07, 6.45) is 4.34. The second-order valence-electron chi connectivity index (χ2n) is 7.89. The Morgan fingerprint density at radius 1 is 1.03 bits per heavy atom. The number of anilines is 1. The van der Waals surface area contributed by atoms with Crippen LogP contribution in [0.4, 0.5) is 5.69 Å². The van der Waals surface area contributed by atoms with Crippen LogP contribution in [0.5, 0.6) is 0 Å². The Morgan fingerprint density at radius 2 is 1.79 bits per heavy atom. The molecular weight excluding hydrogens is 358 g/mol. The summed E-state index contributed by atoms with van der Waals surface area (Å²) in [6, 6.07) is 16.5. The molecule has 0 saturated heterocycles. The second kappa shape index (κ2) is 8.24. The van der Waals surface area contributed by atoms with Crippen molar-refractivity contribution >= 4 is 11.6 Å². The molecule has 0 radical (unpaired) electrons. The van der Waals surface area contributed by atoms with Gasteiger partial charge in [0.15, 0.2) is 5.69 Å². The molecule has 1 aliphatic heterocycles. The van der Waals surface area contributed by atoms with E-state index in [1.807, 2.05) is 30.0 Å². The van der Waals surface area contributed by atoms with E-state index in [-0.39, 0.29) is 5.91 Å². The molecule has 0 atom stereocenters. The predicted molar refractivity (Wildman–Crippen MR) is 118 cm³/mol. The Hall–Kier alpha value is -2.88. The third-order valence-corrected chi connectivity index (χ3v) is 5.85. The summed E-state index contributed by atoms with van der Waals surface area (Å²) < 4.78 is 2.29. The number of para-hydroxylation sites is 1. The third-order valence-electron chi connectivity index (χ3n) is 5.85. The zero-order valence-corrected chi connectivity index (χ0v) is 17.6. The fourth-order valence-electron chi connectivity index (χ4n) is 4.23. The van der Waals surface area contributed by atoms with E-state index in [0.717, 1.165) is 54.1 Å². The molecule has 0 fully saturated rings. The van der Waals surface area contributed by atoms with E-state index < -0.39 is 0 Å². The quantitative estimate of drug-likeness (QED) is 0.588. The molecule has 0 spiro atoms. The number of aromatic nitrogens is 2. The molecule has 0 saturated carbocycles. The minimum absolute atomic E-state index is 0.00538. The number of carbonyl (C=O) groups excluding carboxylic acids is 1. The molecule has 2 heterocycles. The zero-order chi connectivity index (χ0) is 20.4. The van der Waals surface area contributed by atoms with E-state index in [4.69, 9.17) is 4.98 Å². The predicted octanol–water partition coefficient (Wildman–Crippen LogP) is 5.56. The fraction of sp³-hybridized carbons (Fsp3) is 0.360. The molecule has 150 valence electrons. The highest BCUT2D eigenvalue weighted by Crippen LogP contribution is 2.29. The minimum Gasteiger partial charge on any atom is -0.327 e. The number of imidazole rings is 1. The van der Waals surface area contributed by atoms with Crippen LogP contribution in [0, 0.1) is 13.8 Å². The van der Waals surface area contributed by atoms with E-state index in [1.165, 1.54) is 12.0 Å². The minimum atomic E-state index is 0.00538. The van der Waals surface area contributed by atoms with E-state index in [1.54, 1.807) is 0 Å². The number of carbonyl (C=O) groups is 1. The molecule has 0 bridgehead atoms.